The second-order valence-electron chi connectivity index (χ2n) is 5.64. The van der Waals surface area contributed by atoms with Gasteiger partial charge in [-0.05, 0) is 25.1 Å². The number of nitrogens with one attached hydrogen (secondary N) is 1. The lowest BCUT2D eigenvalue weighted by molar-refractivity contribution is 0.286. The van der Waals surface area contributed by atoms with Gasteiger partial charge >= 0.3 is 5.16 Å². The summed E-state index contributed by atoms with van der Waals surface area (Å²) in [6.07, 6.45) is 2.02. The molecule has 1 aromatic carbocycles. The van der Waals surface area contributed by atoms with Crippen LogP contribution in [-0.2, 0) is 15.9 Å². The number of methoxy groups -OCH3 is 2. The maximum absolute atomic E-state index is 12.8. The Bertz CT molecular complexity index is 813. The number of nitrogens with zero attached hydrogens (tertiary/aromatic N) is 2. The molecule has 0 spiro atoms. The molecule has 1 unspecified atom stereocenters. The van der Waals surface area contributed by atoms with E-state index in [1.54, 1.807) is 14.2 Å². The molecule has 7 heteroatoms. The molecular formula is C17H21N3O3S. The van der Waals surface area contributed by atoms with Gasteiger partial charge in [0.05, 0.1) is 31.0 Å². The van der Waals surface area contributed by atoms with Crippen LogP contribution < -0.4 is 4.74 Å². The van der Waals surface area contributed by atoms with Crippen molar-refractivity contribution >= 4 is 22.2 Å². The number of allylic oxidation sites excluding steroid dienone is 1. The Hall–Kier alpha value is -2.12. The molecule has 1 aliphatic heterocycles. The van der Waals surface area contributed by atoms with Gasteiger partial charge in [0.1, 0.15) is 11.5 Å². The maximum atomic E-state index is 12.8. The minimum absolute atomic E-state index is 0.389. The second-order valence-corrected chi connectivity index (χ2v) is 7.01. The van der Waals surface area contributed by atoms with Gasteiger partial charge < -0.3 is 18.9 Å². The fourth-order valence-electron chi connectivity index (χ4n) is 2.76. The summed E-state index contributed by atoms with van der Waals surface area (Å²) in [7, 11) is 5.26. The topological polar surface area (TPSA) is 73.4 Å². The van der Waals surface area contributed by atoms with Crippen molar-refractivity contribution in [3.05, 3.63) is 41.3 Å². The van der Waals surface area contributed by atoms with Crippen LogP contribution in [0.25, 0.3) is 11.0 Å². The summed E-state index contributed by atoms with van der Waals surface area (Å²) in [5.74, 6) is 1.96. The van der Waals surface area contributed by atoms with E-state index in [0.29, 0.717) is 10.9 Å². The van der Waals surface area contributed by atoms with Gasteiger partial charge in [-0.1, -0.05) is 0 Å². The highest BCUT2D eigenvalue weighted by atomic mass is 32.2. The Morgan fingerprint density at radius 2 is 2.12 bits per heavy atom. The Morgan fingerprint density at radius 3 is 2.83 bits per heavy atom. The van der Waals surface area contributed by atoms with Crippen molar-refractivity contribution in [1.29, 1.82) is 0 Å². The highest BCUT2D eigenvalue weighted by Crippen LogP contribution is 2.26. The first-order valence-corrected chi connectivity index (χ1v) is 8.93. The number of hydrogen-bond acceptors (Lipinski definition) is 5. The first-order chi connectivity index (χ1) is 11.5. The van der Waals surface area contributed by atoms with E-state index in [1.807, 2.05) is 38.2 Å². The van der Waals surface area contributed by atoms with Crippen molar-refractivity contribution in [1.82, 2.24) is 14.9 Å². The summed E-state index contributed by atoms with van der Waals surface area (Å²) in [5, 5.41) is 0.473. The summed E-state index contributed by atoms with van der Waals surface area (Å²) >= 11 is -1.27. The summed E-state index contributed by atoms with van der Waals surface area (Å²) in [5.41, 5.74) is 3.61. The first-order valence-electron chi connectivity index (χ1n) is 7.61. The molecule has 0 saturated carbocycles. The van der Waals surface area contributed by atoms with E-state index in [9.17, 15) is 4.55 Å². The number of rotatable bonds is 5. The van der Waals surface area contributed by atoms with Crippen LogP contribution in [0.4, 0.5) is 0 Å². The summed E-state index contributed by atoms with van der Waals surface area (Å²) in [4.78, 5) is 9.68. The van der Waals surface area contributed by atoms with Crippen molar-refractivity contribution in [3.63, 3.8) is 0 Å². The Balaban J connectivity index is 1.86. The molecule has 1 aliphatic rings. The number of imidazole rings is 1. The highest BCUT2D eigenvalue weighted by Gasteiger charge is 2.25. The lowest BCUT2D eigenvalue weighted by atomic mass is 10.1. The summed E-state index contributed by atoms with van der Waals surface area (Å²) in [6, 6.07) is 5.56. The monoisotopic (exact) mass is 347 g/mol. The minimum Gasteiger partial charge on any atom is -0.609 e. The average Bonchev–Trinajstić information content (AvgIpc) is 3.01. The largest absolute Gasteiger partial charge is 0.609 e. The number of aromatic amines is 1. The molecule has 0 aliphatic carbocycles. The quantitative estimate of drug-likeness (QED) is 0.841. The molecule has 2 aromatic rings. The number of ether oxygens (including phenoxy) is 2. The molecule has 3 rings (SSSR count). The van der Waals surface area contributed by atoms with Gasteiger partial charge in [-0.25, -0.2) is 0 Å². The molecule has 24 heavy (non-hydrogen) atoms. The third-order valence-corrected chi connectivity index (χ3v) is 5.35. The molecule has 1 N–H and O–H groups in total. The van der Waals surface area contributed by atoms with Crippen molar-refractivity contribution in [2.24, 2.45) is 0 Å². The number of likely N-dealkylation sites (N-methyl/N-ethyl adjacent to an activating group) is 1. The Labute approximate surface area is 144 Å². The molecule has 0 radical (unpaired) electrons. The fourth-order valence-corrected chi connectivity index (χ4v) is 4.00. The lowest BCUT2D eigenvalue weighted by Gasteiger charge is -2.28. The van der Waals surface area contributed by atoms with E-state index in [1.165, 1.54) is 0 Å². The van der Waals surface area contributed by atoms with E-state index >= 15 is 0 Å². The van der Waals surface area contributed by atoms with Gasteiger partial charge in [0.2, 0.25) is 0 Å². The average molecular weight is 347 g/mol. The Morgan fingerprint density at radius 1 is 1.33 bits per heavy atom. The van der Waals surface area contributed by atoms with Crippen LogP contribution in [0, 0.1) is 0 Å². The second kappa shape index (κ2) is 6.78. The smallest absolute Gasteiger partial charge is 0.322 e. The van der Waals surface area contributed by atoms with Crippen LogP contribution in [0.1, 0.15) is 6.92 Å². The maximum Gasteiger partial charge on any atom is 0.322 e. The number of benzene rings is 1. The molecule has 1 atom stereocenters. The van der Waals surface area contributed by atoms with E-state index in [-0.39, 0.29) is 0 Å². The predicted octanol–water partition coefficient (Wildman–Crippen LogP) is 2.43. The number of H-pyrrole nitrogens is 1. The minimum atomic E-state index is -1.27. The van der Waals surface area contributed by atoms with E-state index in [2.05, 4.69) is 14.9 Å². The van der Waals surface area contributed by atoms with Crippen LogP contribution in [-0.4, -0.2) is 53.0 Å². The van der Waals surface area contributed by atoms with Gasteiger partial charge in [0, 0.05) is 36.4 Å². The van der Waals surface area contributed by atoms with Gasteiger partial charge in [0.15, 0.2) is 5.75 Å². The zero-order valence-corrected chi connectivity index (χ0v) is 15.1. The lowest BCUT2D eigenvalue weighted by Crippen LogP contribution is -2.29. The molecule has 2 heterocycles. The summed E-state index contributed by atoms with van der Waals surface area (Å²) < 4.78 is 23.4. The normalized spacial score (nSPS) is 16.4. The van der Waals surface area contributed by atoms with Gasteiger partial charge in [0.25, 0.3) is 0 Å². The van der Waals surface area contributed by atoms with Crippen LogP contribution in [0.15, 0.2) is 46.5 Å². The molecular weight excluding hydrogens is 326 g/mol. The first kappa shape index (κ1) is 16.7. The van der Waals surface area contributed by atoms with Crippen molar-refractivity contribution in [3.8, 4) is 5.75 Å². The predicted molar refractivity (Wildman–Crippen MR) is 94.3 cm³/mol. The molecule has 0 saturated heterocycles. The standard InChI is InChI=1S/C17H21N3O3S/c1-11-15(20(2)8-7-16(11)23-4)10-24(21)17-18-13-6-5-12(22-3)9-14(13)19-17/h5-7,9H,8,10H2,1-4H3,(H,18,19). The molecule has 6 nitrogen and oxygen atoms in total. The number of fused-ring (bicyclic) bond motifs is 1. The fraction of sp³-hybridized carbons (Fsp3) is 0.353. The van der Waals surface area contributed by atoms with Crippen molar-refractivity contribution in [2.45, 2.75) is 12.1 Å². The van der Waals surface area contributed by atoms with Crippen LogP contribution in [0.3, 0.4) is 0 Å². The van der Waals surface area contributed by atoms with Crippen LogP contribution in [0.2, 0.25) is 0 Å². The number of aromatic nitrogens is 2. The van der Waals surface area contributed by atoms with E-state index in [0.717, 1.165) is 40.4 Å². The van der Waals surface area contributed by atoms with Gasteiger partial charge in [-0.3, -0.25) is 4.98 Å². The van der Waals surface area contributed by atoms with Crippen LogP contribution in [0.5, 0.6) is 5.75 Å². The molecule has 0 amide bonds. The third-order valence-electron chi connectivity index (χ3n) is 4.19. The van der Waals surface area contributed by atoms with Crippen molar-refractivity contribution < 1.29 is 14.0 Å². The van der Waals surface area contributed by atoms with Crippen LogP contribution >= 0.6 is 0 Å². The van der Waals surface area contributed by atoms with Gasteiger partial charge in [-0.15, -0.1) is 0 Å². The molecule has 1 aromatic heterocycles. The van der Waals surface area contributed by atoms with E-state index in [4.69, 9.17) is 9.47 Å². The number of hydrogen-bond donors (Lipinski definition) is 1. The zero-order valence-electron chi connectivity index (χ0n) is 14.3. The van der Waals surface area contributed by atoms with Crippen molar-refractivity contribution in [2.75, 3.05) is 33.6 Å². The molecule has 0 bridgehead atoms. The van der Waals surface area contributed by atoms with Gasteiger partial charge in [-0.2, -0.15) is 4.98 Å². The summed E-state index contributed by atoms with van der Waals surface area (Å²) in [6.45, 7) is 2.73. The third kappa shape index (κ3) is 3.09. The molecule has 128 valence electrons. The Kier molecular flexibility index (Phi) is 4.73. The molecule has 0 fully saturated rings. The highest BCUT2D eigenvalue weighted by molar-refractivity contribution is 7.91. The zero-order chi connectivity index (χ0) is 17.3. The van der Waals surface area contributed by atoms with E-state index < -0.39 is 11.2 Å². The SMILES string of the molecule is COC1=CCN(C)C(C[S+]([O-])c2nc3cc(OC)ccc3[nH]2)=C1C.